The molecule has 8 nitrogen and oxygen atoms in total. The van der Waals surface area contributed by atoms with Crippen LogP contribution in [-0.2, 0) is 6.54 Å². The second kappa shape index (κ2) is 13.1. The molecule has 2 N–H and O–H groups in total. The van der Waals surface area contributed by atoms with Crippen LogP contribution in [0.3, 0.4) is 0 Å². The SMILES string of the molecule is CCN(Cc1ccccc1)c1ccc(N=Nc2ccc(-c3ccc(N=Nc4ccc(O)c(C(=O)O)c4)cc3)cc2)cc1. The summed E-state index contributed by atoms with van der Waals surface area (Å²) in [5, 5.41) is 35.8. The zero-order valence-electron chi connectivity index (χ0n) is 23.0. The van der Waals surface area contributed by atoms with Crippen LogP contribution in [0.2, 0.25) is 0 Å². The maximum atomic E-state index is 11.2. The number of phenols is 1. The molecule has 5 aromatic carbocycles. The molecule has 5 rings (SSSR count). The monoisotopic (exact) mass is 555 g/mol. The van der Waals surface area contributed by atoms with Crippen LogP contribution in [0.15, 0.2) is 142 Å². The van der Waals surface area contributed by atoms with Gasteiger partial charge in [0.05, 0.1) is 22.7 Å². The van der Waals surface area contributed by atoms with E-state index in [9.17, 15) is 9.90 Å². The van der Waals surface area contributed by atoms with Crippen molar-refractivity contribution in [3.8, 4) is 16.9 Å². The number of carboxylic acids is 1. The van der Waals surface area contributed by atoms with Crippen LogP contribution in [0.1, 0.15) is 22.8 Å². The first-order valence-corrected chi connectivity index (χ1v) is 13.5. The van der Waals surface area contributed by atoms with Gasteiger partial charge in [0, 0.05) is 18.8 Å². The van der Waals surface area contributed by atoms with Crippen molar-refractivity contribution in [2.45, 2.75) is 13.5 Å². The number of carboxylic acid groups (broad SMARTS) is 1. The highest BCUT2D eigenvalue weighted by Crippen LogP contribution is 2.29. The fraction of sp³-hybridized carbons (Fsp3) is 0.0882. The topological polar surface area (TPSA) is 110 Å². The molecule has 0 radical (unpaired) electrons. The molecule has 0 fully saturated rings. The second-order valence-corrected chi connectivity index (χ2v) is 9.52. The molecule has 0 unspecified atom stereocenters. The molecule has 208 valence electrons. The Hall–Kier alpha value is -5.63. The van der Waals surface area contributed by atoms with Crippen LogP contribution >= 0.6 is 0 Å². The van der Waals surface area contributed by atoms with Gasteiger partial charge >= 0.3 is 5.97 Å². The summed E-state index contributed by atoms with van der Waals surface area (Å²) in [4.78, 5) is 13.5. The average Bonchev–Trinajstić information content (AvgIpc) is 3.03. The summed E-state index contributed by atoms with van der Waals surface area (Å²) in [7, 11) is 0. The summed E-state index contributed by atoms with van der Waals surface area (Å²) in [6, 6.07) is 37.9. The van der Waals surface area contributed by atoms with Crippen LogP contribution in [0.5, 0.6) is 5.75 Å². The fourth-order valence-electron chi connectivity index (χ4n) is 4.35. The van der Waals surface area contributed by atoms with E-state index < -0.39 is 5.97 Å². The molecule has 0 bridgehead atoms. The Morgan fingerprint density at radius 3 is 1.62 bits per heavy atom. The van der Waals surface area contributed by atoms with Crippen molar-refractivity contribution >= 4 is 34.4 Å². The molecular formula is C34H29N5O3. The summed E-state index contributed by atoms with van der Waals surface area (Å²) in [6.45, 7) is 3.91. The minimum atomic E-state index is -1.23. The van der Waals surface area contributed by atoms with E-state index in [0.717, 1.165) is 41.3 Å². The van der Waals surface area contributed by atoms with Gasteiger partial charge in [0.25, 0.3) is 0 Å². The standard InChI is InChI=1S/C34H29N5O3/c1-2-39(23-24-6-4-3-5-7-24)31-19-16-29(17-20-31)36-35-27-12-8-25(9-13-27)26-10-14-28(15-11-26)37-38-30-18-21-33(40)32(22-30)34(41)42/h3-22,40H,2,23H2,1H3,(H,41,42). The van der Waals surface area contributed by atoms with Crippen molar-refractivity contribution in [2.24, 2.45) is 20.5 Å². The summed E-state index contributed by atoms with van der Waals surface area (Å²) >= 11 is 0. The molecule has 0 heterocycles. The fourth-order valence-corrected chi connectivity index (χ4v) is 4.35. The Morgan fingerprint density at radius 2 is 1.12 bits per heavy atom. The highest BCUT2D eigenvalue weighted by atomic mass is 16.4. The number of aromatic carboxylic acids is 1. The van der Waals surface area contributed by atoms with E-state index in [-0.39, 0.29) is 11.3 Å². The quantitative estimate of drug-likeness (QED) is 0.167. The third-order valence-electron chi connectivity index (χ3n) is 6.65. The van der Waals surface area contributed by atoms with Crippen molar-refractivity contribution in [2.75, 3.05) is 11.4 Å². The highest BCUT2D eigenvalue weighted by molar-refractivity contribution is 5.91. The normalized spacial score (nSPS) is 11.3. The number of anilines is 1. The van der Waals surface area contributed by atoms with Crippen molar-refractivity contribution in [3.63, 3.8) is 0 Å². The summed E-state index contributed by atoms with van der Waals surface area (Å²) in [5.41, 5.74) is 6.70. The van der Waals surface area contributed by atoms with E-state index in [1.165, 1.54) is 23.8 Å². The highest BCUT2D eigenvalue weighted by Gasteiger charge is 2.10. The molecule has 0 aliphatic carbocycles. The summed E-state index contributed by atoms with van der Waals surface area (Å²) in [6.07, 6.45) is 0. The molecule has 0 amide bonds. The number of hydrogen-bond acceptors (Lipinski definition) is 7. The zero-order chi connectivity index (χ0) is 29.3. The van der Waals surface area contributed by atoms with Gasteiger partial charge in [-0.05, 0) is 90.3 Å². The van der Waals surface area contributed by atoms with E-state index in [4.69, 9.17) is 5.11 Å². The van der Waals surface area contributed by atoms with Crippen molar-refractivity contribution < 1.29 is 15.0 Å². The van der Waals surface area contributed by atoms with Crippen molar-refractivity contribution in [1.82, 2.24) is 0 Å². The average molecular weight is 556 g/mol. The number of nitrogens with zero attached hydrogens (tertiary/aromatic N) is 5. The maximum Gasteiger partial charge on any atom is 0.339 e. The van der Waals surface area contributed by atoms with E-state index >= 15 is 0 Å². The number of carbonyl (C=O) groups is 1. The smallest absolute Gasteiger partial charge is 0.339 e. The van der Waals surface area contributed by atoms with Gasteiger partial charge in [-0.25, -0.2) is 4.79 Å². The predicted molar refractivity (Wildman–Crippen MR) is 165 cm³/mol. The Bertz CT molecular complexity index is 1700. The Morgan fingerprint density at radius 1 is 0.643 bits per heavy atom. The van der Waals surface area contributed by atoms with Gasteiger partial charge < -0.3 is 15.1 Å². The molecule has 8 heteroatoms. The molecule has 0 saturated carbocycles. The molecular weight excluding hydrogens is 526 g/mol. The van der Waals surface area contributed by atoms with E-state index in [2.05, 4.69) is 68.7 Å². The first kappa shape index (κ1) is 27.9. The van der Waals surface area contributed by atoms with Gasteiger partial charge in [-0.1, -0.05) is 54.6 Å². The first-order valence-electron chi connectivity index (χ1n) is 13.5. The van der Waals surface area contributed by atoms with Crippen LogP contribution in [0, 0.1) is 0 Å². The maximum absolute atomic E-state index is 11.2. The predicted octanol–water partition coefficient (Wildman–Crippen LogP) is 9.61. The van der Waals surface area contributed by atoms with E-state index in [1.807, 2.05) is 66.7 Å². The third kappa shape index (κ3) is 7.11. The second-order valence-electron chi connectivity index (χ2n) is 9.52. The zero-order valence-corrected chi connectivity index (χ0v) is 23.0. The number of rotatable bonds is 10. The molecule has 5 aromatic rings. The van der Waals surface area contributed by atoms with Crippen molar-refractivity contribution in [3.05, 3.63) is 132 Å². The Labute approximate surface area is 244 Å². The minimum absolute atomic E-state index is 0.222. The minimum Gasteiger partial charge on any atom is -0.507 e. The number of benzene rings is 5. The first-order chi connectivity index (χ1) is 20.5. The van der Waals surface area contributed by atoms with Gasteiger partial charge in [0.2, 0.25) is 0 Å². The molecule has 42 heavy (non-hydrogen) atoms. The van der Waals surface area contributed by atoms with Gasteiger partial charge in [0.1, 0.15) is 11.3 Å². The summed E-state index contributed by atoms with van der Waals surface area (Å²) < 4.78 is 0. The molecule has 0 aliphatic heterocycles. The lowest BCUT2D eigenvalue weighted by Gasteiger charge is -2.23. The van der Waals surface area contributed by atoms with Gasteiger partial charge in [-0.3, -0.25) is 0 Å². The van der Waals surface area contributed by atoms with Crippen LogP contribution in [0.4, 0.5) is 28.4 Å². The van der Waals surface area contributed by atoms with Gasteiger partial charge in [0.15, 0.2) is 0 Å². The Balaban J connectivity index is 1.19. The molecule has 0 aromatic heterocycles. The lowest BCUT2D eigenvalue weighted by Crippen LogP contribution is -2.21. The van der Waals surface area contributed by atoms with Gasteiger partial charge in [-0.15, -0.1) is 0 Å². The van der Waals surface area contributed by atoms with E-state index in [1.54, 1.807) is 0 Å². The van der Waals surface area contributed by atoms with Crippen molar-refractivity contribution in [1.29, 1.82) is 0 Å². The van der Waals surface area contributed by atoms with Crippen LogP contribution in [-0.4, -0.2) is 22.7 Å². The number of aromatic hydroxyl groups is 1. The molecule has 0 aliphatic rings. The van der Waals surface area contributed by atoms with Crippen LogP contribution < -0.4 is 4.90 Å². The molecule has 0 spiro atoms. The Kier molecular flexibility index (Phi) is 8.74. The number of azo groups is 2. The third-order valence-corrected chi connectivity index (χ3v) is 6.65. The van der Waals surface area contributed by atoms with E-state index in [0.29, 0.717) is 11.4 Å². The van der Waals surface area contributed by atoms with Crippen LogP contribution in [0.25, 0.3) is 11.1 Å². The lowest BCUT2D eigenvalue weighted by molar-refractivity contribution is 0.0693. The molecule has 0 saturated heterocycles. The summed E-state index contributed by atoms with van der Waals surface area (Å²) in [5.74, 6) is -1.54. The number of hydrogen-bond donors (Lipinski definition) is 2. The van der Waals surface area contributed by atoms with Gasteiger partial charge in [-0.2, -0.15) is 20.5 Å². The molecule has 0 atom stereocenters. The largest absolute Gasteiger partial charge is 0.507 e. The lowest BCUT2D eigenvalue weighted by atomic mass is 10.1.